The zero-order valence-electron chi connectivity index (χ0n) is 14.5. The van der Waals surface area contributed by atoms with Crippen molar-refractivity contribution in [1.82, 2.24) is 14.9 Å². The average Bonchev–Trinajstić information content (AvgIpc) is 3.28. The van der Waals surface area contributed by atoms with Gasteiger partial charge in [0.15, 0.2) is 6.29 Å². The first-order chi connectivity index (χ1) is 13.2. The van der Waals surface area contributed by atoms with E-state index in [0.717, 1.165) is 16.6 Å². The summed E-state index contributed by atoms with van der Waals surface area (Å²) in [6.07, 6.45) is 0.218. The number of halogens is 1. The highest BCUT2D eigenvalue weighted by Crippen LogP contribution is 2.37. The van der Waals surface area contributed by atoms with E-state index in [1.807, 2.05) is 34.9 Å². The molecule has 2 aliphatic rings. The van der Waals surface area contributed by atoms with Gasteiger partial charge in [0.05, 0.1) is 36.1 Å². The molecule has 0 spiro atoms. The molecule has 3 aromatic rings. The fourth-order valence-electron chi connectivity index (χ4n) is 4.05. The van der Waals surface area contributed by atoms with Gasteiger partial charge >= 0.3 is 0 Å². The van der Waals surface area contributed by atoms with Gasteiger partial charge in [-0.05, 0) is 29.8 Å². The number of nitrogens with zero attached hydrogens (tertiary/aromatic N) is 2. The Bertz CT molecular complexity index is 962. The molecule has 0 saturated carbocycles. The molecule has 140 valence electrons. The van der Waals surface area contributed by atoms with E-state index in [1.54, 1.807) is 12.4 Å². The van der Waals surface area contributed by atoms with Crippen molar-refractivity contribution in [1.29, 1.82) is 0 Å². The maximum Gasteiger partial charge on any atom is 0.181 e. The molecule has 5 rings (SSSR count). The highest BCUT2D eigenvalue weighted by Gasteiger charge is 2.50. The van der Waals surface area contributed by atoms with Crippen molar-refractivity contribution in [3.8, 4) is 0 Å². The minimum atomic E-state index is -0.734. The molecule has 5 atom stereocenters. The van der Waals surface area contributed by atoms with E-state index >= 15 is 0 Å². The normalized spacial score (nSPS) is 30.1. The third-order valence-corrected chi connectivity index (χ3v) is 5.36. The number of imidazole rings is 1. The van der Waals surface area contributed by atoms with E-state index in [4.69, 9.17) is 9.47 Å². The summed E-state index contributed by atoms with van der Waals surface area (Å²) in [5.74, 6) is -0.276. The first kappa shape index (κ1) is 16.8. The highest BCUT2D eigenvalue weighted by molar-refractivity contribution is 5.75. The van der Waals surface area contributed by atoms with Crippen LogP contribution in [-0.2, 0) is 16.0 Å². The minimum absolute atomic E-state index is 0.246. The molecule has 2 saturated heterocycles. The molecule has 0 unspecified atom stereocenters. The summed E-state index contributed by atoms with van der Waals surface area (Å²) in [4.78, 5) is 4.42. The zero-order chi connectivity index (χ0) is 18.4. The largest absolute Gasteiger partial charge is 0.389 e. The van der Waals surface area contributed by atoms with Crippen molar-refractivity contribution >= 4 is 11.0 Å². The van der Waals surface area contributed by atoms with Gasteiger partial charge in [-0.15, -0.1) is 0 Å². The second-order valence-electron chi connectivity index (χ2n) is 7.03. The fraction of sp³-hybridized carbons (Fsp3) is 0.350. The van der Waals surface area contributed by atoms with E-state index in [-0.39, 0.29) is 18.0 Å². The van der Waals surface area contributed by atoms with Gasteiger partial charge in [0.1, 0.15) is 18.0 Å². The maximum absolute atomic E-state index is 13.4. The number of nitrogens with one attached hydrogen (secondary N) is 1. The van der Waals surface area contributed by atoms with E-state index < -0.39 is 18.4 Å². The van der Waals surface area contributed by atoms with Crippen LogP contribution in [0.1, 0.15) is 11.6 Å². The third-order valence-electron chi connectivity index (χ3n) is 5.36. The lowest BCUT2D eigenvalue weighted by molar-refractivity contribution is -0.164. The second-order valence-corrected chi connectivity index (χ2v) is 7.03. The lowest BCUT2D eigenvalue weighted by Gasteiger charge is -2.39. The Hall–Kier alpha value is -2.32. The summed E-state index contributed by atoms with van der Waals surface area (Å²) < 4.78 is 27.2. The summed E-state index contributed by atoms with van der Waals surface area (Å²) in [5.41, 5.74) is 2.59. The van der Waals surface area contributed by atoms with Gasteiger partial charge < -0.3 is 24.5 Å². The van der Waals surface area contributed by atoms with Gasteiger partial charge in [0.25, 0.3) is 0 Å². The Morgan fingerprint density at radius 1 is 1.22 bits per heavy atom. The number of hydrogen-bond donors (Lipinski definition) is 2. The Morgan fingerprint density at radius 3 is 3.00 bits per heavy atom. The number of hydrogen-bond acceptors (Lipinski definition) is 5. The molecular weight excluding hydrogens is 349 g/mol. The molecule has 27 heavy (non-hydrogen) atoms. The predicted molar refractivity (Wildman–Crippen MR) is 96.4 cm³/mol. The van der Waals surface area contributed by atoms with Crippen molar-refractivity contribution in [2.45, 2.75) is 37.1 Å². The number of aliphatic hydroxyl groups excluding tert-OH is 1. The van der Waals surface area contributed by atoms with Crippen LogP contribution in [0.15, 0.2) is 54.9 Å². The Labute approximate surface area is 155 Å². The quantitative estimate of drug-likeness (QED) is 0.736. The molecule has 2 aromatic carbocycles. The molecule has 0 radical (unpaired) electrons. The van der Waals surface area contributed by atoms with Gasteiger partial charge in [0.2, 0.25) is 0 Å². The number of rotatable bonds is 4. The molecule has 6 nitrogen and oxygen atoms in total. The second kappa shape index (κ2) is 6.69. The van der Waals surface area contributed by atoms with Crippen LogP contribution in [0.4, 0.5) is 4.39 Å². The van der Waals surface area contributed by atoms with Crippen molar-refractivity contribution in [2.75, 3.05) is 6.61 Å². The Kier molecular flexibility index (Phi) is 4.17. The van der Waals surface area contributed by atoms with Gasteiger partial charge in [-0.3, -0.25) is 0 Å². The molecule has 2 aliphatic heterocycles. The summed E-state index contributed by atoms with van der Waals surface area (Å²) >= 11 is 0. The average molecular weight is 369 g/mol. The highest BCUT2D eigenvalue weighted by atomic mass is 19.1. The van der Waals surface area contributed by atoms with Crippen LogP contribution in [0, 0.1) is 5.82 Å². The standard InChI is InChI=1S/C20H20FN3O3/c21-13-5-3-4-12(8-13)9-22-17-16-10-26-20(27-16)18(19(17)25)24-11-23-14-6-1-2-7-15(14)24/h1-8,11,16-20,22,25H,9-10H2/t16-,17-,18-,19+,20-/m1/s1. The lowest BCUT2D eigenvalue weighted by Crippen LogP contribution is -2.57. The first-order valence-electron chi connectivity index (χ1n) is 9.05. The summed E-state index contributed by atoms with van der Waals surface area (Å²) in [5, 5.41) is 14.5. The van der Waals surface area contributed by atoms with E-state index in [0.29, 0.717) is 13.2 Å². The molecule has 1 aromatic heterocycles. The fourth-order valence-corrected chi connectivity index (χ4v) is 4.05. The molecule has 2 N–H and O–H groups in total. The molecule has 2 bridgehead atoms. The molecule has 3 heterocycles. The molecule has 7 heteroatoms. The minimum Gasteiger partial charge on any atom is -0.389 e. The van der Waals surface area contributed by atoms with Crippen LogP contribution >= 0.6 is 0 Å². The molecule has 2 fully saturated rings. The van der Waals surface area contributed by atoms with Gasteiger partial charge in [-0.25, -0.2) is 9.37 Å². The SMILES string of the molecule is O[C@H]1[C@H](NCc2cccc(F)c2)[C@H]2CO[C@H](O2)[C@@H]1n1cnc2ccccc21. The number of benzene rings is 2. The summed E-state index contributed by atoms with van der Waals surface area (Å²) in [7, 11) is 0. The molecular formula is C20H20FN3O3. The van der Waals surface area contributed by atoms with Crippen LogP contribution in [0.2, 0.25) is 0 Å². The van der Waals surface area contributed by atoms with Crippen LogP contribution in [0.3, 0.4) is 0 Å². The number of fused-ring (bicyclic) bond motifs is 3. The van der Waals surface area contributed by atoms with E-state index in [2.05, 4.69) is 10.3 Å². The Balaban J connectivity index is 1.42. The van der Waals surface area contributed by atoms with Crippen molar-refractivity contribution in [2.24, 2.45) is 0 Å². The van der Waals surface area contributed by atoms with Crippen molar-refractivity contribution < 1.29 is 19.0 Å². The van der Waals surface area contributed by atoms with Crippen LogP contribution in [0.5, 0.6) is 0 Å². The molecule has 0 aliphatic carbocycles. The van der Waals surface area contributed by atoms with Crippen LogP contribution in [0.25, 0.3) is 11.0 Å². The Morgan fingerprint density at radius 2 is 2.11 bits per heavy atom. The predicted octanol–water partition coefficient (Wildman–Crippen LogP) is 1.99. The third kappa shape index (κ3) is 2.93. The van der Waals surface area contributed by atoms with Crippen molar-refractivity contribution in [3.63, 3.8) is 0 Å². The van der Waals surface area contributed by atoms with E-state index in [9.17, 15) is 9.50 Å². The maximum atomic E-state index is 13.4. The monoisotopic (exact) mass is 369 g/mol. The smallest absolute Gasteiger partial charge is 0.181 e. The van der Waals surface area contributed by atoms with Crippen LogP contribution < -0.4 is 5.32 Å². The zero-order valence-corrected chi connectivity index (χ0v) is 14.5. The summed E-state index contributed by atoms with van der Waals surface area (Å²) in [6.45, 7) is 0.840. The van der Waals surface area contributed by atoms with Gasteiger partial charge in [-0.1, -0.05) is 24.3 Å². The number of aliphatic hydroxyl groups is 1. The summed E-state index contributed by atoms with van der Waals surface area (Å²) in [6, 6.07) is 13.4. The van der Waals surface area contributed by atoms with Crippen LogP contribution in [-0.4, -0.2) is 45.8 Å². The van der Waals surface area contributed by atoms with Crippen molar-refractivity contribution in [3.05, 3.63) is 66.2 Å². The number of para-hydroxylation sites is 2. The number of aromatic nitrogens is 2. The first-order valence-corrected chi connectivity index (χ1v) is 9.05. The number of ether oxygens (including phenoxy) is 2. The molecule has 0 amide bonds. The van der Waals surface area contributed by atoms with Gasteiger partial charge in [0, 0.05) is 6.54 Å². The van der Waals surface area contributed by atoms with Gasteiger partial charge in [-0.2, -0.15) is 0 Å². The topological polar surface area (TPSA) is 68.5 Å². The van der Waals surface area contributed by atoms with E-state index in [1.165, 1.54) is 12.1 Å². The lowest BCUT2D eigenvalue weighted by atomic mass is 9.95.